The van der Waals surface area contributed by atoms with Gasteiger partial charge in [-0.3, -0.25) is 9.69 Å². The second-order valence-electron chi connectivity index (χ2n) is 8.56. The second-order valence-corrected chi connectivity index (χ2v) is 8.56. The van der Waals surface area contributed by atoms with Gasteiger partial charge in [0.25, 0.3) is 0 Å². The Morgan fingerprint density at radius 1 is 1.10 bits per heavy atom. The third-order valence-electron chi connectivity index (χ3n) is 5.74. The molecule has 2 atom stereocenters. The van der Waals surface area contributed by atoms with Crippen molar-refractivity contribution in [1.82, 2.24) is 14.5 Å². The molecule has 2 aromatic carbocycles. The number of hydrogen-bond donors (Lipinski definition) is 1. The fourth-order valence-electron chi connectivity index (χ4n) is 4.72. The molecule has 0 saturated carbocycles. The standard InChI is InChI=1S/C24H29N3O2/c1-17-12-18(2)15-26(14-17)16-19-6-5-7-20(13-19)24-25-21-8-3-4-9-22(21)27(24)11-10-23(28)29/h3-9,13,17-18H,10-12,14-16H2,1-2H3,(H,28,29). The van der Waals surface area contributed by atoms with Crippen LogP contribution in [0.4, 0.5) is 0 Å². The SMILES string of the molecule is CC1CC(C)CN(Cc2cccc(-c3nc4ccccc4n3CCC(=O)O)c2)C1. The van der Waals surface area contributed by atoms with Crippen molar-refractivity contribution in [2.45, 2.75) is 39.8 Å². The van der Waals surface area contributed by atoms with Crippen LogP contribution in [0, 0.1) is 11.8 Å². The van der Waals surface area contributed by atoms with E-state index >= 15 is 0 Å². The summed E-state index contributed by atoms with van der Waals surface area (Å²) in [6.07, 6.45) is 1.39. The lowest BCUT2D eigenvalue weighted by molar-refractivity contribution is -0.137. The van der Waals surface area contributed by atoms with Gasteiger partial charge in [-0.25, -0.2) is 4.98 Å². The van der Waals surface area contributed by atoms with E-state index in [1.165, 1.54) is 12.0 Å². The Bertz CT molecular complexity index is 1000. The van der Waals surface area contributed by atoms with Gasteiger partial charge < -0.3 is 9.67 Å². The number of carbonyl (C=O) groups is 1. The van der Waals surface area contributed by atoms with Gasteiger partial charge in [0.05, 0.1) is 17.5 Å². The molecule has 4 rings (SSSR count). The molecule has 1 fully saturated rings. The Morgan fingerprint density at radius 2 is 1.86 bits per heavy atom. The number of aliphatic carboxylic acids is 1. The number of para-hydroxylation sites is 2. The van der Waals surface area contributed by atoms with Crippen molar-refractivity contribution in [2.75, 3.05) is 13.1 Å². The molecule has 2 unspecified atom stereocenters. The molecule has 1 N–H and O–H groups in total. The lowest BCUT2D eigenvalue weighted by Crippen LogP contribution is -2.38. The van der Waals surface area contributed by atoms with E-state index in [-0.39, 0.29) is 6.42 Å². The van der Waals surface area contributed by atoms with Gasteiger partial charge in [-0.1, -0.05) is 44.2 Å². The van der Waals surface area contributed by atoms with E-state index in [4.69, 9.17) is 4.98 Å². The number of aryl methyl sites for hydroxylation is 1. The van der Waals surface area contributed by atoms with Gasteiger partial charge in [0, 0.05) is 31.7 Å². The lowest BCUT2D eigenvalue weighted by atomic mass is 9.91. The Morgan fingerprint density at radius 3 is 2.62 bits per heavy atom. The fraction of sp³-hybridized carbons (Fsp3) is 0.417. The number of benzene rings is 2. The average molecular weight is 392 g/mol. The lowest BCUT2D eigenvalue weighted by Gasteiger charge is -2.35. The van der Waals surface area contributed by atoms with Gasteiger partial charge in [-0.15, -0.1) is 0 Å². The summed E-state index contributed by atoms with van der Waals surface area (Å²) in [6, 6.07) is 16.5. The number of nitrogens with zero attached hydrogens (tertiary/aromatic N) is 3. The quantitative estimate of drug-likeness (QED) is 0.664. The predicted octanol–water partition coefficient (Wildman–Crippen LogP) is 4.66. The van der Waals surface area contributed by atoms with Crippen LogP contribution in [0.25, 0.3) is 22.4 Å². The van der Waals surface area contributed by atoms with Gasteiger partial charge in [-0.05, 0) is 42.0 Å². The Balaban J connectivity index is 1.64. The molecule has 3 aromatic rings. The average Bonchev–Trinajstić information content (AvgIpc) is 3.04. The molecule has 5 heteroatoms. The minimum Gasteiger partial charge on any atom is -0.481 e. The molecule has 1 aromatic heterocycles. The summed E-state index contributed by atoms with van der Waals surface area (Å²) in [5.41, 5.74) is 4.20. The fourth-order valence-corrected chi connectivity index (χ4v) is 4.72. The molecule has 29 heavy (non-hydrogen) atoms. The van der Waals surface area contributed by atoms with Crippen molar-refractivity contribution in [3.05, 3.63) is 54.1 Å². The first-order valence-corrected chi connectivity index (χ1v) is 10.5. The summed E-state index contributed by atoms with van der Waals surface area (Å²) in [5, 5.41) is 9.18. The molecule has 1 aliphatic rings. The Kier molecular flexibility index (Phi) is 5.67. The van der Waals surface area contributed by atoms with Crippen molar-refractivity contribution < 1.29 is 9.90 Å². The Hall–Kier alpha value is -2.66. The zero-order valence-corrected chi connectivity index (χ0v) is 17.2. The van der Waals surface area contributed by atoms with Crippen molar-refractivity contribution in [3.8, 4) is 11.4 Å². The summed E-state index contributed by atoms with van der Waals surface area (Å²) >= 11 is 0. The molecular weight excluding hydrogens is 362 g/mol. The second kappa shape index (κ2) is 8.37. The number of piperidine rings is 1. The first-order valence-electron chi connectivity index (χ1n) is 10.5. The van der Waals surface area contributed by atoms with E-state index < -0.39 is 5.97 Å². The minimum absolute atomic E-state index is 0.0800. The van der Waals surface area contributed by atoms with Gasteiger partial charge >= 0.3 is 5.97 Å². The number of aromatic nitrogens is 2. The molecule has 0 radical (unpaired) electrons. The van der Waals surface area contributed by atoms with Gasteiger partial charge in [-0.2, -0.15) is 0 Å². The van der Waals surface area contributed by atoms with Gasteiger partial charge in [0.2, 0.25) is 0 Å². The highest BCUT2D eigenvalue weighted by molar-refractivity contribution is 5.81. The number of hydrogen-bond acceptors (Lipinski definition) is 3. The molecule has 152 valence electrons. The van der Waals surface area contributed by atoms with E-state index in [1.54, 1.807) is 0 Å². The number of rotatable bonds is 6. The number of likely N-dealkylation sites (tertiary alicyclic amines) is 1. The van der Waals surface area contributed by atoms with Crippen molar-refractivity contribution in [1.29, 1.82) is 0 Å². The van der Waals surface area contributed by atoms with Crippen LogP contribution in [0.1, 0.15) is 32.3 Å². The highest BCUT2D eigenvalue weighted by Crippen LogP contribution is 2.27. The number of carboxylic acid groups (broad SMARTS) is 1. The van der Waals surface area contributed by atoms with E-state index in [0.29, 0.717) is 6.54 Å². The highest BCUT2D eigenvalue weighted by Gasteiger charge is 2.22. The molecule has 0 bridgehead atoms. The van der Waals surface area contributed by atoms with Crippen LogP contribution >= 0.6 is 0 Å². The summed E-state index contributed by atoms with van der Waals surface area (Å²) < 4.78 is 2.04. The third kappa shape index (κ3) is 4.51. The smallest absolute Gasteiger partial charge is 0.305 e. The number of imidazole rings is 1. The monoisotopic (exact) mass is 391 g/mol. The first kappa shape index (κ1) is 19.6. The molecule has 0 amide bonds. The van der Waals surface area contributed by atoms with Crippen LogP contribution in [0.5, 0.6) is 0 Å². The summed E-state index contributed by atoms with van der Waals surface area (Å²) in [4.78, 5) is 18.5. The van der Waals surface area contributed by atoms with Crippen molar-refractivity contribution in [2.24, 2.45) is 11.8 Å². The van der Waals surface area contributed by atoms with Crippen LogP contribution in [0.3, 0.4) is 0 Å². The Labute approximate surface area is 172 Å². The maximum Gasteiger partial charge on any atom is 0.305 e. The van der Waals surface area contributed by atoms with Crippen molar-refractivity contribution >= 4 is 17.0 Å². The van der Waals surface area contributed by atoms with E-state index in [0.717, 1.165) is 53.9 Å². The summed E-state index contributed by atoms with van der Waals surface area (Å²) in [6.45, 7) is 8.32. The predicted molar refractivity (Wildman–Crippen MR) is 116 cm³/mol. The van der Waals surface area contributed by atoms with Crippen LogP contribution in [0.2, 0.25) is 0 Å². The molecule has 2 heterocycles. The number of fused-ring (bicyclic) bond motifs is 1. The topological polar surface area (TPSA) is 58.4 Å². The molecule has 5 nitrogen and oxygen atoms in total. The highest BCUT2D eigenvalue weighted by atomic mass is 16.4. The normalized spacial score (nSPS) is 20.2. The third-order valence-corrected chi connectivity index (χ3v) is 5.74. The first-order chi connectivity index (χ1) is 14.0. The maximum absolute atomic E-state index is 11.2. The van der Waals surface area contributed by atoms with E-state index in [9.17, 15) is 9.90 Å². The molecule has 1 saturated heterocycles. The van der Waals surface area contributed by atoms with E-state index in [2.05, 4.69) is 43.0 Å². The van der Waals surface area contributed by atoms with Gasteiger partial charge in [0.15, 0.2) is 0 Å². The van der Waals surface area contributed by atoms with Gasteiger partial charge in [0.1, 0.15) is 5.82 Å². The molecular formula is C24H29N3O2. The number of carboxylic acids is 1. The van der Waals surface area contributed by atoms with Crippen LogP contribution < -0.4 is 0 Å². The summed E-state index contributed by atoms with van der Waals surface area (Å²) in [5.74, 6) is 1.52. The molecule has 1 aliphatic heterocycles. The largest absolute Gasteiger partial charge is 0.481 e. The van der Waals surface area contributed by atoms with Crippen LogP contribution in [-0.4, -0.2) is 38.6 Å². The summed E-state index contributed by atoms with van der Waals surface area (Å²) in [7, 11) is 0. The van der Waals surface area contributed by atoms with Crippen LogP contribution in [0.15, 0.2) is 48.5 Å². The van der Waals surface area contributed by atoms with Crippen molar-refractivity contribution in [3.63, 3.8) is 0 Å². The maximum atomic E-state index is 11.2. The minimum atomic E-state index is -0.796. The zero-order valence-electron chi connectivity index (χ0n) is 17.2. The van der Waals surface area contributed by atoms with E-state index in [1.807, 2.05) is 28.8 Å². The zero-order chi connectivity index (χ0) is 20.4. The van der Waals surface area contributed by atoms with Crippen LogP contribution in [-0.2, 0) is 17.9 Å². The molecule has 0 aliphatic carbocycles. The molecule has 0 spiro atoms.